The van der Waals surface area contributed by atoms with E-state index in [9.17, 15) is 9.18 Å². The van der Waals surface area contributed by atoms with Crippen molar-refractivity contribution < 1.29 is 13.9 Å². The molecule has 1 N–H and O–H groups in total. The lowest BCUT2D eigenvalue weighted by Gasteiger charge is -2.30. The van der Waals surface area contributed by atoms with E-state index in [0.29, 0.717) is 40.9 Å². The molecule has 2 atom stereocenters. The smallest absolute Gasteiger partial charge is 0.311 e. The lowest BCUT2D eigenvalue weighted by Crippen LogP contribution is -2.32. The van der Waals surface area contributed by atoms with Gasteiger partial charge in [0.1, 0.15) is 17.1 Å². The molecular weight excluding hydrogens is 421 g/mol. The molecule has 3 fully saturated rings. The zero-order valence-corrected chi connectivity index (χ0v) is 18.5. The predicted molar refractivity (Wildman–Crippen MR) is 122 cm³/mol. The number of aromatic amines is 1. The minimum Gasteiger partial charge on any atom is -0.466 e. The largest absolute Gasteiger partial charge is 0.466 e. The predicted octanol–water partition coefficient (Wildman–Crippen LogP) is 5.04. The molecule has 4 aromatic heterocycles. The van der Waals surface area contributed by atoms with Crippen LogP contribution in [0.3, 0.4) is 0 Å². The van der Waals surface area contributed by atoms with E-state index in [4.69, 9.17) is 9.72 Å². The van der Waals surface area contributed by atoms with Gasteiger partial charge in [0.15, 0.2) is 5.82 Å². The van der Waals surface area contributed by atoms with E-state index in [2.05, 4.69) is 19.5 Å². The van der Waals surface area contributed by atoms with Crippen LogP contribution in [0.1, 0.15) is 45.1 Å². The number of pyridine rings is 1. The molecule has 3 aliphatic rings. The summed E-state index contributed by atoms with van der Waals surface area (Å²) in [5, 5.41) is 1.56. The standard InChI is InChI=1S/C25H26FN5O2/c1-2-33-25(32)21-15-5-3-14(4-6-15)9-20(21)31-8-7-16-11-27-23(30-24(16)31)19-13-29-22-18(19)10-17(26)12-28-22/h7-8,10-15,20-21H,2-6,9H2,1H3,(H,28,29)/t14?,15?,20-,21-/m0/s1. The molecule has 0 amide bonds. The van der Waals surface area contributed by atoms with Crippen LogP contribution in [0.4, 0.5) is 4.39 Å². The van der Waals surface area contributed by atoms with Gasteiger partial charge in [-0.2, -0.15) is 0 Å². The van der Waals surface area contributed by atoms with Crippen molar-refractivity contribution in [3.63, 3.8) is 0 Å². The Hall–Kier alpha value is -3.29. The highest BCUT2D eigenvalue weighted by atomic mass is 19.1. The normalized spacial score (nSPS) is 24.9. The topological polar surface area (TPSA) is 85.7 Å². The van der Waals surface area contributed by atoms with Gasteiger partial charge in [-0.05, 0) is 50.2 Å². The van der Waals surface area contributed by atoms with Crippen molar-refractivity contribution >= 4 is 28.0 Å². The first-order chi connectivity index (χ1) is 16.1. The fraction of sp³-hybridized carbons (Fsp3) is 0.440. The Morgan fingerprint density at radius 1 is 1.24 bits per heavy atom. The monoisotopic (exact) mass is 447 g/mol. The third kappa shape index (κ3) is 3.39. The Kier molecular flexibility index (Phi) is 4.89. The quantitative estimate of drug-likeness (QED) is 0.443. The first-order valence-electron chi connectivity index (χ1n) is 11.8. The number of carbonyl (C=O) groups excluding carboxylic acids is 1. The molecule has 0 radical (unpaired) electrons. The molecule has 33 heavy (non-hydrogen) atoms. The number of ether oxygens (including phenoxy) is 1. The minimum absolute atomic E-state index is 0.00591. The molecule has 0 saturated heterocycles. The lowest BCUT2D eigenvalue weighted by atomic mass is 9.80. The molecule has 170 valence electrons. The van der Waals surface area contributed by atoms with Crippen LogP contribution in [-0.4, -0.2) is 37.1 Å². The first kappa shape index (κ1) is 20.3. The maximum absolute atomic E-state index is 13.9. The number of fused-ring (bicyclic) bond motifs is 6. The molecule has 3 aliphatic carbocycles. The lowest BCUT2D eigenvalue weighted by molar-refractivity contribution is -0.152. The summed E-state index contributed by atoms with van der Waals surface area (Å²) in [6.07, 6.45) is 12.2. The average molecular weight is 448 g/mol. The number of nitrogens with zero attached hydrogens (tertiary/aromatic N) is 4. The molecule has 0 unspecified atom stereocenters. The van der Waals surface area contributed by atoms with Crippen molar-refractivity contribution in [3.05, 3.63) is 42.7 Å². The van der Waals surface area contributed by atoms with Gasteiger partial charge >= 0.3 is 5.97 Å². The van der Waals surface area contributed by atoms with Gasteiger partial charge in [0.25, 0.3) is 0 Å². The summed E-state index contributed by atoms with van der Waals surface area (Å²) in [6.45, 7) is 2.26. The summed E-state index contributed by atoms with van der Waals surface area (Å²) in [5.74, 6) is 0.799. The van der Waals surface area contributed by atoms with Crippen LogP contribution in [0.5, 0.6) is 0 Å². The highest BCUT2D eigenvalue weighted by Gasteiger charge is 2.44. The zero-order valence-electron chi connectivity index (χ0n) is 18.5. The van der Waals surface area contributed by atoms with Crippen molar-refractivity contribution in [2.24, 2.45) is 17.8 Å². The summed E-state index contributed by atoms with van der Waals surface area (Å²) in [7, 11) is 0. The van der Waals surface area contributed by atoms with E-state index in [1.165, 1.54) is 25.1 Å². The average Bonchev–Trinajstić information content (AvgIpc) is 3.33. The van der Waals surface area contributed by atoms with E-state index < -0.39 is 5.82 Å². The van der Waals surface area contributed by atoms with Gasteiger partial charge < -0.3 is 14.3 Å². The van der Waals surface area contributed by atoms with E-state index >= 15 is 0 Å². The van der Waals surface area contributed by atoms with Crippen LogP contribution >= 0.6 is 0 Å². The van der Waals surface area contributed by atoms with E-state index in [1.54, 1.807) is 12.4 Å². The van der Waals surface area contributed by atoms with Gasteiger partial charge in [-0.25, -0.2) is 19.3 Å². The maximum Gasteiger partial charge on any atom is 0.311 e. The van der Waals surface area contributed by atoms with Crippen LogP contribution in [-0.2, 0) is 9.53 Å². The number of esters is 1. The summed E-state index contributed by atoms with van der Waals surface area (Å²) in [4.78, 5) is 29.7. The van der Waals surface area contributed by atoms with Crippen molar-refractivity contribution in [1.82, 2.24) is 24.5 Å². The molecular formula is C25H26FN5O2. The first-order valence-corrected chi connectivity index (χ1v) is 11.8. The molecule has 2 bridgehead atoms. The second kappa shape index (κ2) is 7.93. The van der Waals surface area contributed by atoms with Gasteiger partial charge in [0.05, 0.1) is 18.7 Å². The number of hydrogen-bond donors (Lipinski definition) is 1. The van der Waals surface area contributed by atoms with Gasteiger partial charge in [-0.15, -0.1) is 0 Å². The van der Waals surface area contributed by atoms with E-state index in [1.807, 2.05) is 19.2 Å². The molecule has 7 nitrogen and oxygen atoms in total. The number of aromatic nitrogens is 5. The number of halogens is 1. The molecule has 0 aromatic carbocycles. The summed E-state index contributed by atoms with van der Waals surface area (Å²) in [5.41, 5.74) is 2.09. The number of carbonyl (C=O) groups is 1. The van der Waals surface area contributed by atoms with Crippen molar-refractivity contribution in [3.8, 4) is 11.4 Å². The highest BCUT2D eigenvalue weighted by molar-refractivity contribution is 5.92. The van der Waals surface area contributed by atoms with Crippen LogP contribution < -0.4 is 0 Å². The Balaban J connectivity index is 1.47. The zero-order chi connectivity index (χ0) is 22.5. The number of nitrogens with one attached hydrogen (secondary N) is 1. The fourth-order valence-electron chi connectivity index (χ4n) is 5.96. The van der Waals surface area contributed by atoms with Gasteiger partial charge in [0.2, 0.25) is 0 Å². The van der Waals surface area contributed by atoms with Crippen LogP contribution in [0.25, 0.3) is 33.5 Å². The van der Waals surface area contributed by atoms with Crippen molar-refractivity contribution in [2.75, 3.05) is 6.61 Å². The van der Waals surface area contributed by atoms with Crippen molar-refractivity contribution in [2.45, 2.75) is 45.1 Å². The molecule has 4 heterocycles. The van der Waals surface area contributed by atoms with Crippen molar-refractivity contribution in [1.29, 1.82) is 0 Å². The Morgan fingerprint density at radius 2 is 2.09 bits per heavy atom. The van der Waals surface area contributed by atoms with Gasteiger partial charge in [-0.3, -0.25) is 4.79 Å². The molecule has 0 aliphatic heterocycles. The van der Waals surface area contributed by atoms with Gasteiger partial charge in [-0.1, -0.05) is 12.8 Å². The molecule has 7 rings (SSSR count). The van der Waals surface area contributed by atoms with Crippen LogP contribution in [0.15, 0.2) is 36.9 Å². The van der Waals surface area contributed by atoms with Gasteiger partial charge in [0, 0.05) is 41.0 Å². The Labute approximate surface area is 190 Å². The fourth-order valence-corrected chi connectivity index (χ4v) is 5.96. The molecule has 3 saturated carbocycles. The third-order valence-electron chi connectivity index (χ3n) is 7.50. The summed E-state index contributed by atoms with van der Waals surface area (Å²) in [6, 6.07) is 3.46. The third-order valence-corrected chi connectivity index (χ3v) is 7.50. The number of H-pyrrole nitrogens is 1. The molecule has 4 aromatic rings. The molecule has 8 heteroatoms. The van der Waals surface area contributed by atoms with E-state index in [-0.39, 0.29) is 17.9 Å². The summed E-state index contributed by atoms with van der Waals surface area (Å²) >= 11 is 0. The SMILES string of the molecule is CCOC(=O)[C@H]1C2CCC(CC2)C[C@@H]1n1ccc2cnc(-c3c[nH]c4ncc(F)cc34)nc21. The Morgan fingerprint density at radius 3 is 2.91 bits per heavy atom. The summed E-state index contributed by atoms with van der Waals surface area (Å²) < 4.78 is 21.6. The second-order valence-corrected chi connectivity index (χ2v) is 9.31. The second-order valence-electron chi connectivity index (χ2n) is 9.31. The van der Waals surface area contributed by atoms with E-state index in [0.717, 1.165) is 30.3 Å². The van der Waals surface area contributed by atoms with Crippen LogP contribution in [0, 0.1) is 23.6 Å². The van der Waals surface area contributed by atoms with Crippen LogP contribution in [0.2, 0.25) is 0 Å². The Bertz CT molecular complexity index is 1340. The number of rotatable bonds is 4. The highest BCUT2D eigenvalue weighted by Crippen LogP contribution is 2.48. The maximum atomic E-state index is 13.9. The minimum atomic E-state index is -0.404. The number of hydrogen-bond acceptors (Lipinski definition) is 5. The molecule has 0 spiro atoms.